The molecule has 7 heavy (non-hydrogen) atoms. The number of hydrogen-bond acceptors (Lipinski definition) is 2. The van der Waals surface area contributed by atoms with Gasteiger partial charge in [-0.15, -0.1) is 0 Å². The molecule has 41 valence electrons. The number of ether oxygens (including phenoxy) is 1. The van der Waals surface area contributed by atoms with Crippen LogP contribution >= 0.6 is 0 Å². The van der Waals surface area contributed by atoms with E-state index in [1.165, 1.54) is 13.5 Å². The zero-order chi connectivity index (χ0) is 5.70. The Bertz CT molecular complexity index is 59.1. The van der Waals surface area contributed by atoms with Crippen molar-refractivity contribution >= 4 is 5.78 Å². The van der Waals surface area contributed by atoms with Gasteiger partial charge < -0.3 is 4.74 Å². The third-order valence-electron chi connectivity index (χ3n) is 0.453. The molecular formula is C5H9O2. The van der Waals surface area contributed by atoms with Crippen LogP contribution in [0.1, 0.15) is 13.8 Å². The third kappa shape index (κ3) is 5.63. The zero-order valence-electron chi connectivity index (χ0n) is 4.60. The van der Waals surface area contributed by atoms with Crippen molar-refractivity contribution in [3.8, 4) is 0 Å². The molecule has 0 atom stereocenters. The molecular weight excluding hydrogens is 92.1 g/mol. The van der Waals surface area contributed by atoms with Gasteiger partial charge >= 0.3 is 0 Å². The van der Waals surface area contributed by atoms with Crippen LogP contribution in [0.3, 0.4) is 0 Å². The minimum Gasteiger partial charge on any atom is -0.368 e. The number of carbonyl (C=O) groups is 1. The van der Waals surface area contributed by atoms with Crippen molar-refractivity contribution in [1.82, 2.24) is 0 Å². The van der Waals surface area contributed by atoms with Gasteiger partial charge in [-0.2, -0.15) is 0 Å². The highest BCUT2D eigenvalue weighted by atomic mass is 16.5. The van der Waals surface area contributed by atoms with Crippen molar-refractivity contribution in [1.29, 1.82) is 0 Å². The maximum absolute atomic E-state index is 10.1. The Hall–Kier alpha value is -0.370. The number of hydrogen-bond donors (Lipinski definition) is 0. The number of Topliss-reactive ketones (excluding diaryl/α,β-unsaturated/α-hetero) is 1. The summed E-state index contributed by atoms with van der Waals surface area (Å²) in [5.41, 5.74) is 0. The van der Waals surface area contributed by atoms with Crippen molar-refractivity contribution in [2.75, 3.05) is 6.61 Å². The maximum Gasteiger partial charge on any atom is 0.155 e. The number of carbonyl (C=O) groups excluding carboxylic acids is 1. The van der Waals surface area contributed by atoms with Gasteiger partial charge in [0.1, 0.15) is 6.61 Å². The van der Waals surface area contributed by atoms with Gasteiger partial charge in [0.2, 0.25) is 0 Å². The lowest BCUT2D eigenvalue weighted by Crippen LogP contribution is -1.99. The minimum absolute atomic E-state index is 0.0538. The normalized spacial score (nSPS) is 8.86. The standard InChI is InChI=1S/C5H9O2/c1-3-7-4-5(2)6/h3H,4H2,1-2H3. The van der Waals surface area contributed by atoms with Crippen LogP contribution in [0, 0.1) is 6.61 Å². The Balaban J connectivity index is 2.82. The van der Waals surface area contributed by atoms with Crippen LogP contribution in [0.15, 0.2) is 0 Å². The topological polar surface area (TPSA) is 26.3 Å². The second kappa shape index (κ2) is 3.81. The van der Waals surface area contributed by atoms with Crippen molar-refractivity contribution in [3.63, 3.8) is 0 Å². The first-order valence-electron chi connectivity index (χ1n) is 2.16. The summed E-state index contributed by atoms with van der Waals surface area (Å²) < 4.78 is 4.62. The monoisotopic (exact) mass is 101 g/mol. The lowest BCUT2D eigenvalue weighted by Gasteiger charge is -1.90. The van der Waals surface area contributed by atoms with E-state index in [2.05, 4.69) is 4.74 Å². The van der Waals surface area contributed by atoms with Gasteiger partial charge in [0.25, 0.3) is 0 Å². The van der Waals surface area contributed by atoms with Crippen LogP contribution in [-0.4, -0.2) is 12.4 Å². The van der Waals surface area contributed by atoms with Crippen LogP contribution in [0.2, 0.25) is 0 Å². The fourth-order valence-corrected chi connectivity index (χ4v) is 0.201. The number of rotatable bonds is 3. The van der Waals surface area contributed by atoms with E-state index < -0.39 is 0 Å². The van der Waals surface area contributed by atoms with Crippen LogP contribution in [-0.2, 0) is 9.53 Å². The summed E-state index contributed by atoms with van der Waals surface area (Å²) in [6.07, 6.45) is 0. The Kier molecular flexibility index (Phi) is 3.61. The average molecular weight is 101 g/mol. The third-order valence-corrected chi connectivity index (χ3v) is 0.453. The molecule has 0 unspecified atom stereocenters. The maximum atomic E-state index is 10.1. The molecule has 0 saturated heterocycles. The Morgan fingerprint density at radius 3 is 2.57 bits per heavy atom. The first-order valence-corrected chi connectivity index (χ1v) is 2.16. The van der Waals surface area contributed by atoms with Crippen molar-refractivity contribution < 1.29 is 9.53 Å². The lowest BCUT2D eigenvalue weighted by atomic mass is 10.5. The molecule has 1 radical (unpaired) electrons. The molecule has 0 fully saturated rings. The van der Waals surface area contributed by atoms with Gasteiger partial charge in [0, 0.05) is 0 Å². The summed E-state index contributed by atoms with van der Waals surface area (Å²) >= 11 is 0. The molecule has 0 aromatic heterocycles. The van der Waals surface area contributed by atoms with E-state index >= 15 is 0 Å². The molecule has 2 heteroatoms. The molecule has 0 bridgehead atoms. The van der Waals surface area contributed by atoms with Crippen LogP contribution in [0.25, 0.3) is 0 Å². The molecule has 2 nitrogen and oxygen atoms in total. The van der Waals surface area contributed by atoms with Gasteiger partial charge in [-0.3, -0.25) is 4.79 Å². The van der Waals surface area contributed by atoms with Crippen LogP contribution < -0.4 is 0 Å². The van der Waals surface area contributed by atoms with Gasteiger partial charge in [-0.05, 0) is 13.8 Å². The SMILES string of the molecule is C[CH]OCC(C)=O. The molecule has 0 aliphatic rings. The highest BCUT2D eigenvalue weighted by molar-refractivity contribution is 5.76. The quantitative estimate of drug-likeness (QED) is 0.525. The van der Waals surface area contributed by atoms with Crippen LogP contribution in [0.4, 0.5) is 0 Å². The molecule has 0 amide bonds. The Labute approximate surface area is 43.5 Å². The molecule has 0 aliphatic heterocycles. The first-order chi connectivity index (χ1) is 3.27. The smallest absolute Gasteiger partial charge is 0.155 e. The Morgan fingerprint density at radius 1 is 1.86 bits per heavy atom. The summed E-state index contributed by atoms with van der Waals surface area (Å²) in [7, 11) is 0. The lowest BCUT2D eigenvalue weighted by molar-refractivity contribution is -0.120. The number of ketones is 1. The second-order valence-electron chi connectivity index (χ2n) is 1.25. The van der Waals surface area contributed by atoms with Crippen molar-refractivity contribution in [3.05, 3.63) is 6.61 Å². The molecule has 0 N–H and O–H groups in total. The molecule has 0 aromatic rings. The minimum atomic E-state index is 0.0538. The van der Waals surface area contributed by atoms with Gasteiger partial charge in [-0.25, -0.2) is 0 Å². The fourth-order valence-electron chi connectivity index (χ4n) is 0.201. The van der Waals surface area contributed by atoms with E-state index in [1.54, 1.807) is 6.92 Å². The molecule has 0 saturated carbocycles. The summed E-state index contributed by atoms with van der Waals surface area (Å²) in [5, 5.41) is 0. The largest absolute Gasteiger partial charge is 0.368 e. The highest BCUT2D eigenvalue weighted by Gasteiger charge is 1.87. The highest BCUT2D eigenvalue weighted by Crippen LogP contribution is 1.77. The first kappa shape index (κ1) is 6.63. The summed E-state index contributed by atoms with van der Waals surface area (Å²) in [6, 6.07) is 0. The molecule has 0 rings (SSSR count). The van der Waals surface area contributed by atoms with E-state index in [1.807, 2.05) is 0 Å². The van der Waals surface area contributed by atoms with Crippen molar-refractivity contribution in [2.45, 2.75) is 13.8 Å². The second-order valence-corrected chi connectivity index (χ2v) is 1.25. The fraction of sp³-hybridized carbons (Fsp3) is 0.600. The van der Waals surface area contributed by atoms with Crippen molar-refractivity contribution in [2.24, 2.45) is 0 Å². The zero-order valence-corrected chi connectivity index (χ0v) is 4.60. The van der Waals surface area contributed by atoms with Gasteiger partial charge in [0.05, 0.1) is 6.61 Å². The Morgan fingerprint density at radius 2 is 2.43 bits per heavy atom. The summed E-state index contributed by atoms with van der Waals surface area (Å²) in [4.78, 5) is 10.1. The van der Waals surface area contributed by atoms with E-state index in [9.17, 15) is 4.79 Å². The molecule has 0 aliphatic carbocycles. The average Bonchev–Trinajstić information content (AvgIpc) is 1.61. The summed E-state index contributed by atoms with van der Waals surface area (Å²) in [6.45, 7) is 4.93. The van der Waals surface area contributed by atoms with E-state index in [4.69, 9.17) is 0 Å². The molecule has 0 aromatic carbocycles. The molecule has 0 spiro atoms. The van der Waals surface area contributed by atoms with E-state index in [0.29, 0.717) is 0 Å². The van der Waals surface area contributed by atoms with Gasteiger partial charge in [0.15, 0.2) is 5.78 Å². The van der Waals surface area contributed by atoms with Gasteiger partial charge in [-0.1, -0.05) is 0 Å². The predicted octanol–water partition coefficient (Wildman–Crippen LogP) is 0.774. The van der Waals surface area contributed by atoms with E-state index in [0.717, 1.165) is 0 Å². The summed E-state index contributed by atoms with van der Waals surface area (Å²) in [5.74, 6) is 0.0538. The predicted molar refractivity (Wildman–Crippen MR) is 26.6 cm³/mol. The molecule has 0 heterocycles. The van der Waals surface area contributed by atoms with Crippen LogP contribution in [0.5, 0.6) is 0 Å². The van der Waals surface area contributed by atoms with E-state index in [-0.39, 0.29) is 12.4 Å².